The zero-order chi connectivity index (χ0) is 7.49. The smallest absolute Gasteiger partial charge is 0.0628 e. The summed E-state index contributed by atoms with van der Waals surface area (Å²) in [7, 11) is 0. The Morgan fingerprint density at radius 2 is 2.00 bits per heavy atom. The van der Waals surface area contributed by atoms with Crippen molar-refractivity contribution in [1.29, 1.82) is 0 Å². The lowest BCUT2D eigenvalue weighted by Gasteiger charge is -2.16. The van der Waals surface area contributed by atoms with Gasteiger partial charge in [-0.1, -0.05) is 11.6 Å². The molecule has 0 saturated heterocycles. The molecule has 0 radical (unpaired) electrons. The van der Waals surface area contributed by atoms with E-state index in [0.29, 0.717) is 0 Å². The molecule has 0 aliphatic heterocycles. The van der Waals surface area contributed by atoms with Crippen molar-refractivity contribution in [3.63, 3.8) is 0 Å². The fourth-order valence-corrected chi connectivity index (χ4v) is 0.784. The number of hydrogen-bond acceptors (Lipinski definition) is 1. The average Bonchev–Trinajstić information content (AvgIpc) is 1.62. The molecule has 0 rings (SSSR count). The standard InChI is InChI=1S/C8H16O/c1-5-7(2)6-8(3,4)9/h5,9H,6H2,1-4H3. The molecule has 0 atom stereocenters. The van der Waals surface area contributed by atoms with Gasteiger partial charge in [-0.25, -0.2) is 0 Å². The van der Waals surface area contributed by atoms with E-state index >= 15 is 0 Å². The quantitative estimate of drug-likeness (QED) is 0.565. The van der Waals surface area contributed by atoms with Gasteiger partial charge in [-0.15, -0.1) is 0 Å². The van der Waals surface area contributed by atoms with Crippen LogP contribution < -0.4 is 0 Å². The first-order valence-corrected chi connectivity index (χ1v) is 3.30. The van der Waals surface area contributed by atoms with Gasteiger partial charge in [0.05, 0.1) is 5.60 Å². The Labute approximate surface area is 57.4 Å². The third-order valence-corrected chi connectivity index (χ3v) is 1.20. The first-order valence-electron chi connectivity index (χ1n) is 3.30. The minimum absolute atomic E-state index is 0.545. The van der Waals surface area contributed by atoms with Crippen molar-refractivity contribution in [2.75, 3.05) is 0 Å². The molecule has 1 heteroatoms. The van der Waals surface area contributed by atoms with Gasteiger partial charge in [-0.2, -0.15) is 0 Å². The maximum absolute atomic E-state index is 9.28. The topological polar surface area (TPSA) is 20.2 Å². The second kappa shape index (κ2) is 3.02. The highest BCUT2D eigenvalue weighted by atomic mass is 16.3. The monoisotopic (exact) mass is 128 g/mol. The molecule has 0 fully saturated rings. The molecular weight excluding hydrogens is 112 g/mol. The van der Waals surface area contributed by atoms with Crippen LogP contribution >= 0.6 is 0 Å². The molecule has 0 unspecified atom stereocenters. The van der Waals surface area contributed by atoms with E-state index in [1.165, 1.54) is 5.57 Å². The average molecular weight is 128 g/mol. The Bertz CT molecular complexity index is 106. The Balaban J connectivity index is 3.75. The molecule has 1 nitrogen and oxygen atoms in total. The summed E-state index contributed by atoms with van der Waals surface area (Å²) in [6.45, 7) is 7.65. The van der Waals surface area contributed by atoms with Crippen molar-refractivity contribution < 1.29 is 5.11 Å². The van der Waals surface area contributed by atoms with Crippen LogP contribution in [0.4, 0.5) is 0 Å². The normalized spacial score (nSPS) is 14.1. The van der Waals surface area contributed by atoms with Crippen LogP contribution in [0.2, 0.25) is 0 Å². The van der Waals surface area contributed by atoms with Crippen molar-refractivity contribution in [1.82, 2.24) is 0 Å². The number of rotatable bonds is 2. The minimum atomic E-state index is -0.545. The van der Waals surface area contributed by atoms with Crippen LogP contribution in [0.15, 0.2) is 11.6 Å². The zero-order valence-electron chi connectivity index (χ0n) is 6.73. The van der Waals surface area contributed by atoms with Crippen molar-refractivity contribution in [3.8, 4) is 0 Å². The highest BCUT2D eigenvalue weighted by molar-refractivity contribution is 4.99. The molecule has 0 amide bonds. The van der Waals surface area contributed by atoms with Crippen LogP contribution in [0.5, 0.6) is 0 Å². The highest BCUT2D eigenvalue weighted by Gasteiger charge is 2.11. The summed E-state index contributed by atoms with van der Waals surface area (Å²) in [4.78, 5) is 0. The van der Waals surface area contributed by atoms with Crippen molar-refractivity contribution >= 4 is 0 Å². The maximum atomic E-state index is 9.28. The molecule has 0 aliphatic carbocycles. The molecule has 0 aliphatic rings. The van der Waals surface area contributed by atoms with Gasteiger partial charge in [-0.3, -0.25) is 0 Å². The minimum Gasteiger partial charge on any atom is -0.390 e. The predicted octanol–water partition coefficient (Wildman–Crippen LogP) is 2.11. The Hall–Kier alpha value is -0.300. The van der Waals surface area contributed by atoms with E-state index in [-0.39, 0.29) is 0 Å². The van der Waals surface area contributed by atoms with Gasteiger partial charge in [0.25, 0.3) is 0 Å². The second-order valence-corrected chi connectivity index (χ2v) is 3.12. The van der Waals surface area contributed by atoms with Gasteiger partial charge in [-0.05, 0) is 34.1 Å². The summed E-state index contributed by atoms with van der Waals surface area (Å²) in [5.74, 6) is 0. The molecular formula is C8H16O. The van der Waals surface area contributed by atoms with E-state index in [0.717, 1.165) is 6.42 Å². The van der Waals surface area contributed by atoms with Gasteiger partial charge in [0.2, 0.25) is 0 Å². The van der Waals surface area contributed by atoms with Crippen molar-refractivity contribution in [3.05, 3.63) is 11.6 Å². The number of allylic oxidation sites excluding steroid dienone is 1. The summed E-state index contributed by atoms with van der Waals surface area (Å²) in [6, 6.07) is 0. The van der Waals surface area contributed by atoms with E-state index < -0.39 is 5.60 Å². The second-order valence-electron chi connectivity index (χ2n) is 3.12. The van der Waals surface area contributed by atoms with Crippen LogP contribution in [-0.4, -0.2) is 10.7 Å². The van der Waals surface area contributed by atoms with Crippen molar-refractivity contribution in [2.24, 2.45) is 0 Å². The number of hydrogen-bond donors (Lipinski definition) is 1. The number of aliphatic hydroxyl groups is 1. The van der Waals surface area contributed by atoms with Gasteiger partial charge >= 0.3 is 0 Å². The third-order valence-electron chi connectivity index (χ3n) is 1.20. The molecule has 0 spiro atoms. The van der Waals surface area contributed by atoms with Crippen LogP contribution in [0, 0.1) is 0 Å². The van der Waals surface area contributed by atoms with Gasteiger partial charge in [0.1, 0.15) is 0 Å². The summed E-state index contributed by atoms with van der Waals surface area (Å²) in [5.41, 5.74) is 0.693. The Kier molecular flexibility index (Phi) is 2.92. The van der Waals surface area contributed by atoms with E-state index in [1.807, 2.05) is 33.8 Å². The van der Waals surface area contributed by atoms with Gasteiger partial charge in [0.15, 0.2) is 0 Å². The maximum Gasteiger partial charge on any atom is 0.0628 e. The predicted molar refractivity (Wildman–Crippen MR) is 40.3 cm³/mol. The first-order chi connectivity index (χ1) is 3.95. The lowest BCUT2D eigenvalue weighted by molar-refractivity contribution is 0.0809. The lowest BCUT2D eigenvalue weighted by Crippen LogP contribution is -2.18. The molecule has 0 heterocycles. The van der Waals surface area contributed by atoms with E-state index in [4.69, 9.17) is 0 Å². The molecule has 0 aromatic rings. The Morgan fingerprint density at radius 1 is 1.56 bits per heavy atom. The highest BCUT2D eigenvalue weighted by Crippen LogP contribution is 2.13. The zero-order valence-corrected chi connectivity index (χ0v) is 6.73. The lowest BCUT2D eigenvalue weighted by atomic mass is 10.00. The fraction of sp³-hybridized carbons (Fsp3) is 0.750. The van der Waals surface area contributed by atoms with E-state index in [9.17, 15) is 5.11 Å². The third kappa shape index (κ3) is 5.57. The van der Waals surface area contributed by atoms with E-state index in [1.54, 1.807) is 0 Å². The summed E-state index contributed by atoms with van der Waals surface area (Å²) >= 11 is 0. The Morgan fingerprint density at radius 3 is 2.11 bits per heavy atom. The van der Waals surface area contributed by atoms with Crippen LogP contribution in [0.1, 0.15) is 34.1 Å². The SMILES string of the molecule is CC=C(C)CC(C)(C)O. The molecule has 1 N–H and O–H groups in total. The van der Waals surface area contributed by atoms with Crippen molar-refractivity contribution in [2.45, 2.75) is 39.7 Å². The largest absolute Gasteiger partial charge is 0.390 e. The summed E-state index contributed by atoms with van der Waals surface area (Å²) in [5, 5.41) is 9.28. The molecule has 9 heavy (non-hydrogen) atoms. The van der Waals surface area contributed by atoms with Gasteiger partial charge in [0, 0.05) is 0 Å². The molecule has 0 aromatic heterocycles. The summed E-state index contributed by atoms with van der Waals surface area (Å²) in [6.07, 6.45) is 2.79. The van der Waals surface area contributed by atoms with E-state index in [2.05, 4.69) is 0 Å². The summed E-state index contributed by atoms with van der Waals surface area (Å²) < 4.78 is 0. The first kappa shape index (κ1) is 8.70. The van der Waals surface area contributed by atoms with Crippen LogP contribution in [0.25, 0.3) is 0 Å². The fourth-order valence-electron chi connectivity index (χ4n) is 0.784. The molecule has 0 saturated carbocycles. The molecule has 0 bridgehead atoms. The van der Waals surface area contributed by atoms with Crippen LogP contribution in [-0.2, 0) is 0 Å². The molecule has 0 aromatic carbocycles. The van der Waals surface area contributed by atoms with Crippen LogP contribution in [0.3, 0.4) is 0 Å². The van der Waals surface area contributed by atoms with Gasteiger partial charge < -0.3 is 5.11 Å². The molecule has 54 valence electrons.